The van der Waals surface area contributed by atoms with E-state index in [0.29, 0.717) is 6.54 Å². The monoisotopic (exact) mass is 216 g/mol. The Morgan fingerprint density at radius 3 is 2.62 bits per heavy atom. The van der Waals surface area contributed by atoms with Gasteiger partial charge in [-0.3, -0.25) is 15.1 Å². The van der Waals surface area contributed by atoms with E-state index in [1.54, 1.807) is 18.3 Å². The number of hydrogen-bond donors (Lipinski definition) is 0. The second-order valence-electron chi connectivity index (χ2n) is 3.03. The lowest BCUT2D eigenvalue weighted by atomic mass is 10.2. The first-order valence-corrected chi connectivity index (χ1v) is 4.94. The van der Waals surface area contributed by atoms with E-state index in [0.717, 1.165) is 12.0 Å². The number of aliphatic imine (C=N–C) groups is 1. The van der Waals surface area contributed by atoms with Gasteiger partial charge in [0.1, 0.15) is 0 Å². The summed E-state index contributed by atoms with van der Waals surface area (Å²) < 4.78 is 0. The van der Waals surface area contributed by atoms with Crippen LogP contribution in [0.25, 0.3) is 0 Å². The topological polar surface area (TPSA) is 55.5 Å². The van der Waals surface area contributed by atoms with Crippen LogP contribution in [0.3, 0.4) is 0 Å². The van der Waals surface area contributed by atoms with Gasteiger partial charge in [0.2, 0.25) is 0 Å². The van der Waals surface area contributed by atoms with Gasteiger partial charge in [-0.1, -0.05) is 12.8 Å². The van der Waals surface area contributed by atoms with E-state index < -0.39 is 4.92 Å². The van der Waals surface area contributed by atoms with Gasteiger partial charge in [-0.05, 0) is 17.7 Å². The molecule has 0 saturated carbocycles. The first kappa shape index (κ1) is 11.9. The summed E-state index contributed by atoms with van der Waals surface area (Å²) in [7, 11) is 0. The highest BCUT2D eigenvalue weighted by molar-refractivity contribution is 5.80. The molecule has 0 aromatic heterocycles. The molecule has 0 atom stereocenters. The van der Waals surface area contributed by atoms with Crippen LogP contribution in [0.2, 0.25) is 0 Å². The van der Waals surface area contributed by atoms with Crippen molar-refractivity contribution in [3.05, 3.63) is 39.9 Å². The van der Waals surface area contributed by atoms with Crippen LogP contribution < -0.4 is 0 Å². The first-order valence-electron chi connectivity index (χ1n) is 4.94. The molecular weight excluding hydrogens is 204 g/mol. The van der Waals surface area contributed by atoms with E-state index in [-0.39, 0.29) is 5.69 Å². The average Bonchev–Trinajstić information content (AvgIpc) is 2.29. The van der Waals surface area contributed by atoms with Crippen molar-refractivity contribution in [2.45, 2.75) is 13.3 Å². The minimum atomic E-state index is -0.423. The third-order valence-electron chi connectivity index (χ3n) is 1.82. The van der Waals surface area contributed by atoms with Gasteiger partial charge in [0, 0.05) is 24.8 Å². The zero-order valence-electron chi connectivity index (χ0n) is 9.01. The van der Waals surface area contributed by atoms with Crippen molar-refractivity contribution in [2.75, 3.05) is 6.54 Å². The Balaban J connectivity index is 2.58. The molecule has 1 rings (SSSR count). The number of nitro benzene ring substituents is 1. The van der Waals surface area contributed by atoms with Crippen LogP contribution in [0.1, 0.15) is 18.9 Å². The molecule has 0 heterocycles. The summed E-state index contributed by atoms with van der Waals surface area (Å²) in [6.45, 7) is 2.44. The summed E-state index contributed by atoms with van der Waals surface area (Å²) in [6.07, 6.45) is 2.49. The van der Waals surface area contributed by atoms with E-state index in [1.165, 1.54) is 12.1 Å². The zero-order chi connectivity index (χ0) is 11.8. The summed E-state index contributed by atoms with van der Waals surface area (Å²) in [5.74, 6) is 5.78. The highest BCUT2D eigenvalue weighted by atomic mass is 16.6. The molecule has 0 spiro atoms. The van der Waals surface area contributed by atoms with Gasteiger partial charge in [-0.2, -0.15) is 0 Å². The largest absolute Gasteiger partial charge is 0.280 e. The summed E-state index contributed by atoms with van der Waals surface area (Å²) in [4.78, 5) is 14.1. The van der Waals surface area contributed by atoms with E-state index >= 15 is 0 Å². The maximum absolute atomic E-state index is 10.4. The molecule has 0 fully saturated rings. The van der Waals surface area contributed by atoms with Gasteiger partial charge < -0.3 is 0 Å². The third kappa shape index (κ3) is 3.93. The van der Waals surface area contributed by atoms with Crippen molar-refractivity contribution in [1.29, 1.82) is 0 Å². The van der Waals surface area contributed by atoms with Gasteiger partial charge in [0.15, 0.2) is 0 Å². The maximum Gasteiger partial charge on any atom is 0.269 e. The highest BCUT2D eigenvalue weighted by Crippen LogP contribution is 2.10. The molecule has 0 radical (unpaired) electrons. The van der Waals surface area contributed by atoms with Crippen LogP contribution in [0, 0.1) is 22.0 Å². The minimum Gasteiger partial charge on any atom is -0.280 e. The van der Waals surface area contributed by atoms with Gasteiger partial charge >= 0.3 is 0 Å². The fourth-order valence-electron chi connectivity index (χ4n) is 1.06. The molecule has 0 unspecified atom stereocenters. The highest BCUT2D eigenvalue weighted by Gasteiger charge is 2.01. The molecule has 4 heteroatoms. The number of nitro groups is 1. The van der Waals surface area contributed by atoms with Gasteiger partial charge in [-0.25, -0.2) is 0 Å². The third-order valence-corrected chi connectivity index (χ3v) is 1.82. The van der Waals surface area contributed by atoms with Crippen molar-refractivity contribution in [1.82, 2.24) is 0 Å². The average molecular weight is 216 g/mol. The van der Waals surface area contributed by atoms with Gasteiger partial charge in [0.05, 0.1) is 11.5 Å². The lowest BCUT2D eigenvalue weighted by Crippen LogP contribution is -1.88. The number of hydrogen-bond acceptors (Lipinski definition) is 3. The lowest BCUT2D eigenvalue weighted by Gasteiger charge is -1.92. The summed E-state index contributed by atoms with van der Waals surface area (Å²) in [5, 5.41) is 10.4. The van der Waals surface area contributed by atoms with Crippen LogP contribution >= 0.6 is 0 Å². The van der Waals surface area contributed by atoms with Crippen LogP contribution in [0.5, 0.6) is 0 Å². The Hall–Kier alpha value is -2.15. The summed E-state index contributed by atoms with van der Waals surface area (Å²) in [6, 6.07) is 6.24. The van der Waals surface area contributed by atoms with Crippen molar-refractivity contribution >= 4 is 11.9 Å². The van der Waals surface area contributed by atoms with E-state index in [9.17, 15) is 10.1 Å². The molecule has 16 heavy (non-hydrogen) atoms. The van der Waals surface area contributed by atoms with E-state index in [1.807, 2.05) is 6.92 Å². The number of nitrogens with zero attached hydrogens (tertiary/aromatic N) is 2. The molecule has 1 aromatic carbocycles. The van der Waals surface area contributed by atoms with Crippen LogP contribution in [0.4, 0.5) is 5.69 Å². The second-order valence-corrected chi connectivity index (χ2v) is 3.03. The Morgan fingerprint density at radius 1 is 1.38 bits per heavy atom. The Morgan fingerprint density at radius 2 is 2.06 bits per heavy atom. The van der Waals surface area contributed by atoms with Crippen molar-refractivity contribution in [3.8, 4) is 11.8 Å². The Bertz CT molecular complexity index is 438. The normalized spacial score (nSPS) is 9.81. The quantitative estimate of drug-likeness (QED) is 0.337. The molecule has 0 bridgehead atoms. The lowest BCUT2D eigenvalue weighted by molar-refractivity contribution is -0.384. The molecular formula is C12H12N2O2. The molecule has 1 aromatic rings. The first-order chi connectivity index (χ1) is 7.74. The zero-order valence-corrected chi connectivity index (χ0v) is 9.01. The number of benzene rings is 1. The molecule has 4 nitrogen and oxygen atoms in total. The minimum absolute atomic E-state index is 0.0860. The predicted molar refractivity (Wildman–Crippen MR) is 63.6 cm³/mol. The van der Waals surface area contributed by atoms with E-state index in [2.05, 4.69) is 16.8 Å². The molecule has 0 aliphatic heterocycles. The standard InChI is InChI=1S/C12H12N2O2/c1-2-3-4-9-13-10-11-5-7-12(8-6-11)14(15)16/h5-8,10H,2,9H2,1H3/b13-10+. The van der Waals surface area contributed by atoms with Crippen molar-refractivity contribution in [3.63, 3.8) is 0 Å². The van der Waals surface area contributed by atoms with Crippen LogP contribution in [-0.2, 0) is 0 Å². The second kappa shape index (κ2) is 6.36. The molecule has 0 aliphatic rings. The Kier molecular flexibility index (Phi) is 4.74. The Labute approximate surface area is 94.2 Å². The molecule has 82 valence electrons. The fourth-order valence-corrected chi connectivity index (χ4v) is 1.06. The van der Waals surface area contributed by atoms with E-state index in [4.69, 9.17) is 0 Å². The van der Waals surface area contributed by atoms with Gasteiger partial charge in [-0.15, -0.1) is 5.92 Å². The maximum atomic E-state index is 10.4. The predicted octanol–water partition coefficient (Wildman–Crippen LogP) is 2.43. The molecule has 0 aliphatic carbocycles. The smallest absolute Gasteiger partial charge is 0.269 e. The van der Waals surface area contributed by atoms with Gasteiger partial charge in [0.25, 0.3) is 5.69 Å². The van der Waals surface area contributed by atoms with Crippen LogP contribution in [-0.4, -0.2) is 17.7 Å². The summed E-state index contributed by atoms with van der Waals surface area (Å²) >= 11 is 0. The van der Waals surface area contributed by atoms with Crippen LogP contribution in [0.15, 0.2) is 29.3 Å². The molecule has 0 saturated heterocycles. The van der Waals surface area contributed by atoms with Crippen molar-refractivity contribution in [2.24, 2.45) is 4.99 Å². The SMILES string of the molecule is CCC#CC/N=C/c1ccc([N+](=O)[O-])cc1. The fraction of sp³-hybridized carbons (Fsp3) is 0.250. The summed E-state index contributed by atoms with van der Waals surface area (Å²) in [5.41, 5.74) is 0.923. The molecule has 0 N–H and O–H groups in total. The number of non-ortho nitro benzene ring substituents is 1. The number of rotatable bonds is 3. The molecule has 0 amide bonds. The van der Waals surface area contributed by atoms with Crippen molar-refractivity contribution < 1.29 is 4.92 Å².